The van der Waals surface area contributed by atoms with Gasteiger partial charge in [-0.05, 0) is 31.4 Å². The Balaban J connectivity index is 2.23. The number of rotatable bonds is 3. The molecule has 0 fully saturated rings. The van der Waals surface area contributed by atoms with Crippen molar-refractivity contribution < 1.29 is 13.2 Å². The topological polar surface area (TPSA) is 25.2 Å². The number of fused-ring (bicyclic) bond motifs is 1. The van der Waals surface area contributed by atoms with E-state index in [0.29, 0.717) is 18.5 Å². The first-order valence-electron chi connectivity index (χ1n) is 6.13. The Morgan fingerprint density at radius 2 is 2.06 bits per heavy atom. The van der Waals surface area contributed by atoms with Crippen molar-refractivity contribution in [1.82, 2.24) is 4.98 Å². The highest BCUT2D eigenvalue weighted by molar-refractivity contribution is 6.04. The Hall–Kier alpha value is -1.39. The van der Waals surface area contributed by atoms with Crippen molar-refractivity contribution in [2.75, 3.05) is 6.54 Å². The third-order valence-electron chi connectivity index (χ3n) is 2.99. The van der Waals surface area contributed by atoms with E-state index in [2.05, 4.69) is 16.9 Å². The van der Waals surface area contributed by atoms with E-state index in [4.69, 9.17) is 0 Å². The van der Waals surface area contributed by atoms with E-state index in [0.717, 1.165) is 36.7 Å². The van der Waals surface area contributed by atoms with Gasteiger partial charge in [0.05, 0.1) is 5.69 Å². The number of nitrogens with zero attached hydrogens (tertiary/aromatic N) is 2. The second kappa shape index (κ2) is 5.08. The van der Waals surface area contributed by atoms with Gasteiger partial charge in [-0.15, -0.1) is 0 Å². The van der Waals surface area contributed by atoms with Crippen LogP contribution < -0.4 is 0 Å². The summed E-state index contributed by atoms with van der Waals surface area (Å²) in [5.41, 5.74) is 1.41. The lowest BCUT2D eigenvalue weighted by Crippen LogP contribution is -2.09. The van der Waals surface area contributed by atoms with Gasteiger partial charge in [-0.3, -0.25) is 4.99 Å². The number of aliphatic imine (C=N–C) groups is 1. The molecule has 0 atom stereocenters. The number of aromatic nitrogens is 1. The van der Waals surface area contributed by atoms with Crippen LogP contribution in [0.1, 0.15) is 43.1 Å². The third-order valence-corrected chi connectivity index (χ3v) is 2.99. The van der Waals surface area contributed by atoms with Gasteiger partial charge in [-0.2, -0.15) is 13.2 Å². The quantitative estimate of drug-likeness (QED) is 0.758. The molecule has 98 valence electrons. The number of halogens is 3. The number of hydrogen-bond donors (Lipinski definition) is 0. The van der Waals surface area contributed by atoms with Gasteiger partial charge < -0.3 is 0 Å². The predicted octanol–water partition coefficient (Wildman–Crippen LogP) is 3.64. The summed E-state index contributed by atoms with van der Waals surface area (Å²) in [6.07, 6.45) is -1.03. The van der Waals surface area contributed by atoms with Crippen LogP contribution in [-0.2, 0) is 12.6 Å². The molecule has 0 spiro atoms. The first kappa shape index (κ1) is 13.1. The Labute approximate surface area is 104 Å². The van der Waals surface area contributed by atoms with E-state index in [-0.39, 0.29) is 0 Å². The normalized spacial score (nSPS) is 17.2. The summed E-state index contributed by atoms with van der Waals surface area (Å²) in [4.78, 5) is 8.14. The van der Waals surface area contributed by atoms with E-state index in [1.54, 1.807) is 0 Å². The molecule has 0 saturated heterocycles. The van der Waals surface area contributed by atoms with Crippen LogP contribution in [0.15, 0.2) is 17.1 Å². The Kier molecular flexibility index (Phi) is 3.68. The Morgan fingerprint density at radius 3 is 2.72 bits per heavy atom. The van der Waals surface area contributed by atoms with Gasteiger partial charge >= 0.3 is 6.18 Å². The molecule has 1 aromatic rings. The molecule has 2 rings (SSSR count). The first-order valence-corrected chi connectivity index (χ1v) is 6.13. The van der Waals surface area contributed by atoms with Crippen LogP contribution in [0, 0.1) is 0 Å². The van der Waals surface area contributed by atoms with Gasteiger partial charge in [-0.25, -0.2) is 4.98 Å². The van der Waals surface area contributed by atoms with Crippen LogP contribution >= 0.6 is 0 Å². The average molecular weight is 256 g/mol. The van der Waals surface area contributed by atoms with E-state index < -0.39 is 11.9 Å². The zero-order valence-electron chi connectivity index (χ0n) is 10.2. The summed E-state index contributed by atoms with van der Waals surface area (Å²) in [6.45, 7) is 2.83. The zero-order chi connectivity index (χ0) is 13.2. The summed E-state index contributed by atoms with van der Waals surface area (Å²) in [7, 11) is 0. The molecular formula is C13H15F3N2. The SMILES string of the molecule is CCCC/N=C1/CCc2nc(C(F)(F)F)ccc21. The molecule has 1 heterocycles. The van der Waals surface area contributed by atoms with Crippen LogP contribution in [0.25, 0.3) is 0 Å². The lowest BCUT2D eigenvalue weighted by Gasteiger charge is -2.07. The summed E-state index contributed by atoms with van der Waals surface area (Å²) >= 11 is 0. The molecule has 1 aromatic heterocycles. The smallest absolute Gasteiger partial charge is 0.289 e. The van der Waals surface area contributed by atoms with E-state index in [9.17, 15) is 13.2 Å². The van der Waals surface area contributed by atoms with Crippen molar-refractivity contribution in [3.05, 3.63) is 29.1 Å². The first-order chi connectivity index (χ1) is 8.52. The van der Waals surface area contributed by atoms with Crippen molar-refractivity contribution in [1.29, 1.82) is 0 Å². The number of hydrogen-bond acceptors (Lipinski definition) is 2. The Bertz CT molecular complexity index is 464. The summed E-state index contributed by atoms with van der Waals surface area (Å²) in [6, 6.07) is 2.54. The molecule has 1 aliphatic carbocycles. The molecule has 5 heteroatoms. The molecule has 0 N–H and O–H groups in total. The molecule has 0 aliphatic heterocycles. The second-order valence-electron chi connectivity index (χ2n) is 4.37. The van der Waals surface area contributed by atoms with Crippen molar-refractivity contribution in [3.8, 4) is 0 Å². The molecule has 1 aliphatic rings. The fraction of sp³-hybridized carbons (Fsp3) is 0.538. The van der Waals surface area contributed by atoms with Gasteiger partial charge in [0.1, 0.15) is 5.69 Å². The molecule has 0 amide bonds. The molecule has 18 heavy (non-hydrogen) atoms. The van der Waals surface area contributed by atoms with Crippen molar-refractivity contribution in [2.45, 2.75) is 38.8 Å². The van der Waals surface area contributed by atoms with Gasteiger partial charge in [0, 0.05) is 17.8 Å². The van der Waals surface area contributed by atoms with E-state index in [1.165, 1.54) is 6.07 Å². The van der Waals surface area contributed by atoms with Crippen molar-refractivity contribution >= 4 is 5.71 Å². The minimum Gasteiger partial charge on any atom is -0.289 e. The maximum absolute atomic E-state index is 12.5. The van der Waals surface area contributed by atoms with Gasteiger partial charge in [-0.1, -0.05) is 13.3 Å². The fourth-order valence-electron chi connectivity index (χ4n) is 2.02. The van der Waals surface area contributed by atoms with Crippen LogP contribution in [0.5, 0.6) is 0 Å². The third kappa shape index (κ3) is 2.71. The highest BCUT2D eigenvalue weighted by Crippen LogP contribution is 2.30. The molecule has 0 radical (unpaired) electrons. The van der Waals surface area contributed by atoms with Crippen molar-refractivity contribution in [3.63, 3.8) is 0 Å². The number of aryl methyl sites for hydroxylation is 1. The second-order valence-corrected chi connectivity index (χ2v) is 4.37. The molecule has 0 aromatic carbocycles. The molecular weight excluding hydrogens is 241 g/mol. The fourth-order valence-corrected chi connectivity index (χ4v) is 2.02. The Morgan fingerprint density at radius 1 is 1.28 bits per heavy atom. The zero-order valence-corrected chi connectivity index (χ0v) is 10.2. The maximum atomic E-state index is 12.5. The molecule has 0 bridgehead atoms. The minimum absolute atomic E-state index is 0.528. The molecule has 0 saturated carbocycles. The van der Waals surface area contributed by atoms with Gasteiger partial charge in [0.25, 0.3) is 0 Å². The molecule has 0 unspecified atom stereocenters. The number of alkyl halides is 3. The lowest BCUT2D eigenvalue weighted by molar-refractivity contribution is -0.141. The highest BCUT2D eigenvalue weighted by atomic mass is 19.4. The number of unbranched alkanes of at least 4 members (excludes halogenated alkanes) is 1. The highest BCUT2D eigenvalue weighted by Gasteiger charge is 2.34. The summed E-state index contributed by atoms with van der Waals surface area (Å²) in [5, 5.41) is 0. The standard InChI is InChI=1S/C13H15F3N2/c1-2-3-8-17-10-5-6-11-9(10)4-7-12(18-11)13(14,15)16/h4,7H,2-3,5-6,8H2,1H3/b17-10-. The van der Waals surface area contributed by atoms with E-state index >= 15 is 0 Å². The monoisotopic (exact) mass is 256 g/mol. The number of pyridine rings is 1. The minimum atomic E-state index is -4.36. The van der Waals surface area contributed by atoms with E-state index in [1.807, 2.05) is 0 Å². The van der Waals surface area contributed by atoms with Crippen LogP contribution in [0.2, 0.25) is 0 Å². The van der Waals surface area contributed by atoms with Gasteiger partial charge in [0.2, 0.25) is 0 Å². The maximum Gasteiger partial charge on any atom is 0.433 e. The van der Waals surface area contributed by atoms with Gasteiger partial charge in [0.15, 0.2) is 0 Å². The largest absolute Gasteiger partial charge is 0.433 e. The van der Waals surface area contributed by atoms with Crippen molar-refractivity contribution in [2.24, 2.45) is 4.99 Å². The van der Waals surface area contributed by atoms with Crippen LogP contribution in [-0.4, -0.2) is 17.2 Å². The summed E-state index contributed by atoms with van der Waals surface area (Å²) < 4.78 is 37.5. The predicted molar refractivity (Wildman–Crippen MR) is 63.9 cm³/mol. The average Bonchev–Trinajstić information content (AvgIpc) is 2.71. The molecule has 2 nitrogen and oxygen atoms in total. The lowest BCUT2D eigenvalue weighted by atomic mass is 10.2. The van der Waals surface area contributed by atoms with Crippen LogP contribution in [0.4, 0.5) is 13.2 Å². The van der Waals surface area contributed by atoms with Crippen LogP contribution in [0.3, 0.4) is 0 Å². The summed E-state index contributed by atoms with van der Waals surface area (Å²) in [5.74, 6) is 0.